The van der Waals surface area contributed by atoms with Crippen molar-refractivity contribution in [1.82, 2.24) is 10.6 Å². The largest absolute Gasteiger partial charge is 0.478 e. The number of aromatic carboxylic acids is 1. The number of hydrogen-bond donors (Lipinski definition) is 6. The maximum absolute atomic E-state index is 13.7. The molecule has 3 aromatic carbocycles. The molecule has 2 atom stereocenters. The van der Waals surface area contributed by atoms with Crippen LogP contribution in [0.25, 0.3) is 22.6 Å². The first-order valence-electron chi connectivity index (χ1n) is 23.1. The van der Waals surface area contributed by atoms with E-state index in [0.29, 0.717) is 62.7 Å². The third-order valence-electron chi connectivity index (χ3n) is 12.2. The van der Waals surface area contributed by atoms with Crippen molar-refractivity contribution in [1.29, 1.82) is 0 Å². The van der Waals surface area contributed by atoms with Crippen LogP contribution in [0.1, 0.15) is 157 Å². The minimum Gasteiger partial charge on any atom is -0.478 e. The van der Waals surface area contributed by atoms with Crippen LogP contribution < -0.4 is 31.1 Å². The number of fused-ring (bicyclic) bond motifs is 3. The molecule has 0 saturated carbocycles. The molecule has 2 unspecified atom stereocenters. The Morgan fingerprint density at radius 3 is 2.14 bits per heavy atom. The van der Waals surface area contributed by atoms with Crippen molar-refractivity contribution < 1.29 is 50.2 Å². The van der Waals surface area contributed by atoms with E-state index in [1.54, 1.807) is 6.07 Å². The van der Waals surface area contributed by atoms with Crippen LogP contribution in [0, 0.1) is 5.41 Å². The molecule has 23 heteroatoms. The zero-order valence-electron chi connectivity index (χ0n) is 40.7. The summed E-state index contributed by atoms with van der Waals surface area (Å²) in [4.78, 5) is 40.1. The van der Waals surface area contributed by atoms with Gasteiger partial charge in [0.1, 0.15) is 4.90 Å². The molecular weight excluding hydrogens is 1040 g/mol. The van der Waals surface area contributed by atoms with Crippen LogP contribution in [-0.4, -0.2) is 79.8 Å². The third kappa shape index (κ3) is 13.9. The summed E-state index contributed by atoms with van der Waals surface area (Å²) in [5, 5.41) is 21.9. The van der Waals surface area contributed by atoms with Crippen molar-refractivity contribution in [2.45, 2.75) is 145 Å². The fourth-order valence-corrected chi connectivity index (χ4v) is 13.1. The molecule has 0 radical (unpaired) electrons. The second kappa shape index (κ2) is 23.3. The molecule has 0 spiro atoms. The fraction of sp³-hybridized carbons (Fsp3) is 0.521. The summed E-state index contributed by atoms with van der Waals surface area (Å²) in [6.45, 7) is 18.6. The molecule has 6 N–H and O–H groups in total. The number of azide groups is 1. The quantitative estimate of drug-likeness (QED) is 0.00814. The maximum Gasteiger partial charge on any atom is 0.337 e. The molecule has 0 aromatic heterocycles. The summed E-state index contributed by atoms with van der Waals surface area (Å²) < 4.78 is 82.9. The minimum absolute atomic E-state index is 0.0374. The topological polar surface area (TPSA) is 274 Å². The number of carboxylic acids is 1. The highest BCUT2D eigenvalue weighted by atomic mass is 35.5. The van der Waals surface area contributed by atoms with Gasteiger partial charge in [-0.3, -0.25) is 18.7 Å². The number of hydrogen-bond acceptors (Lipinski definition) is 11. The number of amides is 2. The SMILES string of the molecule is C=c1c(C(C)CC(C)(C)C)cc2c(c1S(=O)(=O)O)Oc1c(cc3c(c1S(=O)(=O)O)NC(C)(C)CC3C)C=2c1c(Cl)c(SCC(=O)NCCCCCC(=O)NCCCCCCN=[N+]=[N-])c(Cl)c(Cl)c1C(=O)O. The first-order chi connectivity index (χ1) is 33.0. The Kier molecular flexibility index (Phi) is 18.9. The standard InChI is InChI=1S/C48H61Cl3N6O11S3/c1-25(22-47(4,5)6)28-20-30-34(31-21-29-26(2)23-48(7,8)56-40(29)45(71(65,66)67)42(31)68-41(30)44(27(28)3)70(62,63)64)35-36(46(60)61)37(49)39(51)43(38(35)50)69-24-33(59)54-18-14-11-12-16-32(58)53-17-13-9-10-15-19-55-57-52/h20-21,25-26,56H,3,9-19,22-24H2,1-2,4-8H3,(H,53,58)(H,54,59)(H,60,61)(H,62,63,64)(H,65,66,67). The van der Waals surface area contributed by atoms with Gasteiger partial charge in [-0.2, -0.15) is 16.8 Å². The maximum atomic E-state index is 13.7. The van der Waals surface area contributed by atoms with Gasteiger partial charge in [0.25, 0.3) is 20.2 Å². The van der Waals surface area contributed by atoms with Crippen molar-refractivity contribution in [3.05, 3.63) is 75.9 Å². The Bertz CT molecular complexity index is 3010. The van der Waals surface area contributed by atoms with E-state index in [0.717, 1.165) is 37.4 Å². The number of carbonyl (C=O) groups is 3. The predicted molar refractivity (Wildman–Crippen MR) is 278 cm³/mol. The Balaban J connectivity index is 1.60. The van der Waals surface area contributed by atoms with Crippen molar-refractivity contribution >= 4 is 102 Å². The van der Waals surface area contributed by atoms with Gasteiger partial charge in [-0.15, -0.1) is 11.8 Å². The first-order valence-corrected chi connectivity index (χ1v) is 28.1. The number of ether oxygens (including phenoxy) is 1. The van der Waals surface area contributed by atoms with Crippen LogP contribution in [0.4, 0.5) is 5.69 Å². The average Bonchev–Trinajstić information content (AvgIpc) is 3.23. The lowest BCUT2D eigenvalue weighted by Crippen LogP contribution is -2.38. The van der Waals surface area contributed by atoms with Crippen molar-refractivity contribution in [2.24, 2.45) is 10.5 Å². The lowest BCUT2D eigenvalue weighted by molar-refractivity contribution is -0.121. The highest BCUT2D eigenvalue weighted by Gasteiger charge is 2.42. The van der Waals surface area contributed by atoms with Gasteiger partial charge in [0.15, 0.2) is 16.4 Å². The van der Waals surface area contributed by atoms with Gasteiger partial charge in [-0.25, -0.2) is 4.79 Å². The number of benzene rings is 3. The Morgan fingerprint density at radius 2 is 1.55 bits per heavy atom. The van der Waals surface area contributed by atoms with E-state index >= 15 is 0 Å². The zero-order valence-corrected chi connectivity index (χ0v) is 45.4. The third-order valence-corrected chi connectivity index (χ3v) is 16.6. The molecule has 0 fully saturated rings. The molecule has 2 heterocycles. The summed E-state index contributed by atoms with van der Waals surface area (Å²) in [6.07, 6.45) is 6.53. The summed E-state index contributed by atoms with van der Waals surface area (Å²) in [6, 6.07) is 3.10. The molecule has 0 bridgehead atoms. The molecule has 0 saturated heterocycles. The van der Waals surface area contributed by atoms with Crippen LogP contribution in [0.2, 0.25) is 15.1 Å². The van der Waals surface area contributed by atoms with Crippen LogP contribution in [0.15, 0.2) is 31.9 Å². The molecule has 17 nitrogen and oxygen atoms in total. The number of nitrogens with zero attached hydrogens (tertiary/aromatic N) is 3. The van der Waals surface area contributed by atoms with Crippen molar-refractivity contribution in [3.63, 3.8) is 0 Å². The summed E-state index contributed by atoms with van der Waals surface area (Å²) >= 11 is 21.8. The molecule has 388 valence electrons. The minimum atomic E-state index is -5.28. The molecule has 3 aromatic rings. The number of thioether (sulfide) groups is 1. The summed E-state index contributed by atoms with van der Waals surface area (Å²) in [5.41, 5.74) is 6.67. The summed E-state index contributed by atoms with van der Waals surface area (Å²) in [5.74, 6) is -4.48. The number of rotatable bonds is 22. The predicted octanol–water partition coefficient (Wildman–Crippen LogP) is 10.6. The number of unbranched alkanes of at least 4 members (excludes halogenated alkanes) is 5. The van der Waals surface area contributed by atoms with Gasteiger partial charge in [-0.05, 0) is 104 Å². The average molecular weight is 1100 g/mol. The molecule has 2 aliphatic rings. The summed E-state index contributed by atoms with van der Waals surface area (Å²) in [7, 11) is -10.6. The van der Waals surface area contributed by atoms with Gasteiger partial charge in [0.05, 0.1) is 32.1 Å². The molecule has 0 aliphatic carbocycles. The van der Waals surface area contributed by atoms with Gasteiger partial charge in [-0.1, -0.05) is 100 Å². The normalized spacial score (nSPS) is 15.5. The van der Waals surface area contributed by atoms with Crippen molar-refractivity contribution in [3.8, 4) is 11.5 Å². The number of anilines is 1. The lowest BCUT2D eigenvalue weighted by atomic mass is 9.79. The number of nitrogens with one attached hydrogen (secondary N) is 3. The molecule has 5 rings (SSSR count). The van der Waals surface area contributed by atoms with Gasteiger partial charge >= 0.3 is 5.97 Å². The Morgan fingerprint density at radius 1 is 0.944 bits per heavy atom. The number of halogens is 3. The van der Waals surface area contributed by atoms with E-state index in [9.17, 15) is 45.4 Å². The highest BCUT2D eigenvalue weighted by Crippen LogP contribution is 2.54. The second-order valence-corrected chi connectivity index (χ2v) is 24.7. The van der Waals surface area contributed by atoms with Gasteiger partial charge in [0.2, 0.25) is 11.8 Å². The molecule has 2 aliphatic heterocycles. The Hall–Kier alpha value is -4.24. The highest BCUT2D eigenvalue weighted by molar-refractivity contribution is 8.00. The number of carbonyl (C=O) groups excluding carboxylic acids is 2. The van der Waals surface area contributed by atoms with E-state index in [-0.39, 0.29) is 77.3 Å². The number of carboxylic acid groups (broad SMARTS) is 1. The van der Waals surface area contributed by atoms with E-state index in [1.165, 1.54) is 6.07 Å². The second-order valence-electron chi connectivity index (χ2n) is 19.9. The Labute approximate surface area is 434 Å². The van der Waals surface area contributed by atoms with E-state index in [1.807, 2.05) is 48.5 Å². The smallest absolute Gasteiger partial charge is 0.337 e. The van der Waals surface area contributed by atoms with Gasteiger partial charge in [0, 0.05) is 63.3 Å². The molecule has 71 heavy (non-hydrogen) atoms. The van der Waals surface area contributed by atoms with Gasteiger partial charge < -0.3 is 25.8 Å². The van der Waals surface area contributed by atoms with Crippen LogP contribution >= 0.6 is 46.6 Å². The van der Waals surface area contributed by atoms with E-state index in [2.05, 4.69) is 32.6 Å². The van der Waals surface area contributed by atoms with Crippen molar-refractivity contribution in [2.75, 3.05) is 30.7 Å². The first kappa shape index (κ1) is 57.7. The zero-order chi connectivity index (χ0) is 53.0. The monoisotopic (exact) mass is 1100 g/mol. The van der Waals surface area contributed by atoms with Crippen LogP contribution in [-0.2, 0) is 29.8 Å². The lowest BCUT2D eigenvalue weighted by Gasteiger charge is -2.39. The molecular formula is C48H61Cl3N6O11S3. The fourth-order valence-electron chi connectivity index (χ4n) is 9.45. The molecule has 2 amide bonds. The van der Waals surface area contributed by atoms with Crippen LogP contribution in [0.3, 0.4) is 0 Å². The van der Waals surface area contributed by atoms with Crippen LogP contribution in [0.5, 0.6) is 11.5 Å². The van der Waals surface area contributed by atoms with E-state index in [4.69, 9.17) is 45.1 Å². The van der Waals surface area contributed by atoms with E-state index < -0.39 is 75.4 Å².